The highest BCUT2D eigenvalue weighted by Gasteiger charge is 2.41. The average Bonchev–Trinajstić information content (AvgIpc) is 3.07. The fourth-order valence-corrected chi connectivity index (χ4v) is 6.70. The second-order valence-electron chi connectivity index (χ2n) is 11.3. The van der Waals surface area contributed by atoms with Crippen LogP contribution in [0.5, 0.6) is 0 Å². The third-order valence-electron chi connectivity index (χ3n) is 8.49. The Bertz CT molecular complexity index is 856. The molecule has 2 heterocycles. The van der Waals surface area contributed by atoms with Gasteiger partial charge in [0.1, 0.15) is 6.10 Å². The monoisotopic (exact) mass is 484 g/mol. The van der Waals surface area contributed by atoms with E-state index in [1.807, 2.05) is 36.0 Å². The molecule has 0 radical (unpaired) electrons. The Labute approximate surface area is 210 Å². The summed E-state index contributed by atoms with van der Waals surface area (Å²) >= 11 is 0. The zero-order chi connectivity index (χ0) is 24.9. The third kappa shape index (κ3) is 6.63. The predicted octanol–water partition coefficient (Wildman–Crippen LogP) is 2.83. The first kappa shape index (κ1) is 26.1. The van der Waals surface area contributed by atoms with Crippen molar-refractivity contribution in [3.63, 3.8) is 0 Å². The van der Waals surface area contributed by atoms with Crippen LogP contribution in [-0.4, -0.2) is 90.1 Å². The van der Waals surface area contributed by atoms with Gasteiger partial charge in [-0.15, -0.1) is 0 Å². The van der Waals surface area contributed by atoms with Crippen LogP contribution < -0.4 is 5.73 Å². The van der Waals surface area contributed by atoms with Crippen molar-refractivity contribution in [2.75, 3.05) is 40.3 Å². The molecule has 1 aromatic carbocycles. The summed E-state index contributed by atoms with van der Waals surface area (Å²) < 4.78 is 0. The van der Waals surface area contributed by atoms with Crippen LogP contribution in [0.3, 0.4) is 0 Å². The molecule has 3 aliphatic rings. The van der Waals surface area contributed by atoms with Crippen LogP contribution in [-0.2, 0) is 4.79 Å². The van der Waals surface area contributed by atoms with Crippen molar-refractivity contribution in [2.24, 2.45) is 11.7 Å². The summed E-state index contributed by atoms with van der Waals surface area (Å²) in [6.07, 6.45) is 9.76. The van der Waals surface area contributed by atoms with Gasteiger partial charge in [0.15, 0.2) is 0 Å². The summed E-state index contributed by atoms with van der Waals surface area (Å²) in [5.74, 6) is 0.519. The fourth-order valence-electron chi connectivity index (χ4n) is 6.70. The molecule has 1 saturated carbocycles. The van der Waals surface area contributed by atoms with Crippen molar-refractivity contribution in [3.05, 3.63) is 35.4 Å². The van der Waals surface area contributed by atoms with Gasteiger partial charge in [-0.1, -0.05) is 31.4 Å². The number of carbonyl (C=O) groups excluding carboxylic acids is 2. The molecular weight excluding hydrogens is 440 g/mol. The number of rotatable bonds is 10. The van der Waals surface area contributed by atoms with Crippen molar-refractivity contribution in [2.45, 2.75) is 81.9 Å². The van der Waals surface area contributed by atoms with Crippen LogP contribution in [0.4, 0.5) is 0 Å². The van der Waals surface area contributed by atoms with Gasteiger partial charge in [0, 0.05) is 43.8 Å². The first-order chi connectivity index (χ1) is 16.8. The molecule has 2 saturated heterocycles. The number of carbonyl (C=O) groups is 2. The molecule has 3 unspecified atom stereocenters. The highest BCUT2D eigenvalue weighted by Crippen LogP contribution is 2.43. The molecule has 4 rings (SSSR count). The lowest BCUT2D eigenvalue weighted by Gasteiger charge is -2.41. The van der Waals surface area contributed by atoms with Gasteiger partial charge >= 0.3 is 0 Å². The molecule has 3 atom stereocenters. The molecule has 3 fully saturated rings. The normalized spacial score (nSPS) is 26.1. The molecule has 35 heavy (non-hydrogen) atoms. The zero-order valence-corrected chi connectivity index (χ0v) is 21.6. The van der Waals surface area contributed by atoms with Crippen molar-refractivity contribution in [1.29, 1.82) is 0 Å². The summed E-state index contributed by atoms with van der Waals surface area (Å²) in [6.45, 7) is 2.70. The van der Waals surface area contributed by atoms with E-state index < -0.39 is 6.10 Å². The Kier molecular flexibility index (Phi) is 8.84. The van der Waals surface area contributed by atoms with Crippen molar-refractivity contribution >= 4 is 11.8 Å². The molecule has 2 amide bonds. The summed E-state index contributed by atoms with van der Waals surface area (Å²) in [5, 5.41) is 10.6. The van der Waals surface area contributed by atoms with Gasteiger partial charge in [-0.05, 0) is 82.2 Å². The van der Waals surface area contributed by atoms with E-state index in [1.54, 1.807) is 6.07 Å². The molecule has 0 aromatic heterocycles. The number of hydrogen-bond donors (Lipinski definition) is 2. The first-order valence-corrected chi connectivity index (χ1v) is 13.6. The number of nitrogens with zero attached hydrogens (tertiary/aromatic N) is 3. The van der Waals surface area contributed by atoms with Crippen LogP contribution in [0.2, 0.25) is 0 Å². The SMILES string of the molecule is CN(C)CC(O)C(=O)N(CCN1C2CCC1CC(c1cccc(C(N)=O)c1)C2)CC1CCCCC1. The standard InChI is InChI=1S/C28H44N4O3/c1-30(2)19-26(33)28(35)31(18-20-7-4-3-5-8-20)13-14-32-24-11-12-25(32)17-23(16-24)21-9-6-10-22(15-21)27(29)34/h6,9-10,15,20,23-26,33H,3-5,7-8,11-14,16-19H2,1-2H3,(H2,29,34). The lowest BCUT2D eigenvalue weighted by Crippen LogP contribution is -2.50. The zero-order valence-electron chi connectivity index (χ0n) is 21.6. The van der Waals surface area contributed by atoms with Gasteiger partial charge in [-0.2, -0.15) is 0 Å². The third-order valence-corrected chi connectivity index (χ3v) is 8.49. The Morgan fingerprint density at radius 1 is 1.09 bits per heavy atom. The van der Waals surface area contributed by atoms with Gasteiger partial charge in [-0.25, -0.2) is 0 Å². The predicted molar refractivity (Wildman–Crippen MR) is 138 cm³/mol. The van der Waals surface area contributed by atoms with Gasteiger partial charge in [0.25, 0.3) is 5.91 Å². The molecule has 194 valence electrons. The number of likely N-dealkylation sites (N-methyl/N-ethyl adjacent to an activating group) is 1. The molecule has 7 nitrogen and oxygen atoms in total. The Balaban J connectivity index is 1.39. The second kappa shape index (κ2) is 11.8. The summed E-state index contributed by atoms with van der Waals surface area (Å²) in [5.41, 5.74) is 7.32. The largest absolute Gasteiger partial charge is 0.382 e. The van der Waals surface area contributed by atoms with E-state index in [2.05, 4.69) is 11.0 Å². The molecule has 7 heteroatoms. The molecule has 2 bridgehead atoms. The van der Waals surface area contributed by atoms with E-state index in [-0.39, 0.29) is 11.8 Å². The second-order valence-corrected chi connectivity index (χ2v) is 11.3. The number of nitrogens with two attached hydrogens (primary N) is 1. The highest BCUT2D eigenvalue weighted by molar-refractivity contribution is 5.92. The van der Waals surface area contributed by atoms with Crippen LogP contribution in [0.15, 0.2) is 24.3 Å². The summed E-state index contributed by atoms with van der Waals surface area (Å²) in [6, 6.07) is 8.85. The van der Waals surface area contributed by atoms with Gasteiger partial charge in [0.05, 0.1) is 0 Å². The highest BCUT2D eigenvalue weighted by atomic mass is 16.3. The smallest absolute Gasteiger partial charge is 0.252 e. The van der Waals surface area contributed by atoms with Gasteiger partial charge < -0.3 is 20.6 Å². The maximum atomic E-state index is 13.2. The van der Waals surface area contributed by atoms with E-state index >= 15 is 0 Å². The topological polar surface area (TPSA) is 90.1 Å². The fraction of sp³-hybridized carbons (Fsp3) is 0.714. The maximum Gasteiger partial charge on any atom is 0.252 e. The number of primary amides is 1. The van der Waals surface area contributed by atoms with Crippen LogP contribution >= 0.6 is 0 Å². The Hall–Kier alpha value is -1.96. The average molecular weight is 485 g/mol. The molecule has 1 aromatic rings. The Morgan fingerprint density at radius 2 is 1.77 bits per heavy atom. The lowest BCUT2D eigenvalue weighted by molar-refractivity contribution is -0.142. The molecular formula is C28H44N4O3. The summed E-state index contributed by atoms with van der Waals surface area (Å²) in [4.78, 5) is 31.3. The Morgan fingerprint density at radius 3 is 2.40 bits per heavy atom. The van der Waals surface area contributed by atoms with E-state index in [4.69, 9.17) is 5.73 Å². The lowest BCUT2D eigenvalue weighted by atomic mass is 9.84. The quantitative estimate of drug-likeness (QED) is 0.533. The minimum atomic E-state index is -0.964. The summed E-state index contributed by atoms with van der Waals surface area (Å²) in [7, 11) is 3.78. The van der Waals surface area contributed by atoms with Crippen molar-refractivity contribution < 1.29 is 14.7 Å². The van der Waals surface area contributed by atoms with E-state index in [0.29, 0.717) is 42.6 Å². The number of hydrogen-bond acceptors (Lipinski definition) is 5. The number of aliphatic hydroxyl groups excluding tert-OH is 1. The van der Waals surface area contributed by atoms with Gasteiger partial charge in [0.2, 0.25) is 5.91 Å². The number of amides is 2. The minimum absolute atomic E-state index is 0.116. The van der Waals surface area contributed by atoms with E-state index in [0.717, 1.165) is 25.9 Å². The number of fused-ring (bicyclic) bond motifs is 2. The van der Waals surface area contributed by atoms with Crippen LogP contribution in [0, 0.1) is 5.92 Å². The van der Waals surface area contributed by atoms with E-state index in [1.165, 1.54) is 50.5 Å². The van der Waals surface area contributed by atoms with E-state index in [9.17, 15) is 14.7 Å². The first-order valence-electron chi connectivity index (χ1n) is 13.6. The minimum Gasteiger partial charge on any atom is -0.382 e. The molecule has 1 aliphatic carbocycles. The molecule has 0 spiro atoms. The van der Waals surface area contributed by atoms with Crippen LogP contribution in [0.25, 0.3) is 0 Å². The van der Waals surface area contributed by atoms with Gasteiger partial charge in [-0.3, -0.25) is 14.5 Å². The van der Waals surface area contributed by atoms with Crippen molar-refractivity contribution in [3.8, 4) is 0 Å². The maximum absolute atomic E-state index is 13.2. The molecule has 2 aliphatic heterocycles. The van der Waals surface area contributed by atoms with Crippen molar-refractivity contribution in [1.82, 2.24) is 14.7 Å². The number of piperidine rings is 1. The molecule has 3 N–H and O–H groups in total. The number of benzene rings is 1. The van der Waals surface area contributed by atoms with Crippen LogP contribution in [0.1, 0.15) is 79.6 Å². The number of aliphatic hydroxyl groups is 1.